The Morgan fingerprint density at radius 2 is 1.59 bits per heavy atom. The van der Waals surface area contributed by atoms with E-state index in [1.165, 1.54) is 43.2 Å². The summed E-state index contributed by atoms with van der Waals surface area (Å²) in [6.07, 6.45) is 6.66. The van der Waals surface area contributed by atoms with Crippen molar-refractivity contribution in [3.63, 3.8) is 0 Å². The first-order chi connectivity index (χ1) is 16.6. The molecule has 4 aromatic rings. The Bertz CT molecular complexity index is 1290. The fourth-order valence-electron chi connectivity index (χ4n) is 5.30. The van der Waals surface area contributed by atoms with Crippen molar-refractivity contribution in [2.45, 2.75) is 51.9 Å². The number of aryl methyl sites for hydroxylation is 1. The van der Waals surface area contributed by atoms with Gasteiger partial charge in [-0.1, -0.05) is 67.9 Å². The quantitative estimate of drug-likeness (QED) is 0.335. The molecule has 5 rings (SSSR count). The van der Waals surface area contributed by atoms with Crippen molar-refractivity contribution in [1.82, 2.24) is 4.98 Å². The van der Waals surface area contributed by atoms with E-state index in [4.69, 9.17) is 4.98 Å². The van der Waals surface area contributed by atoms with Crippen LogP contribution in [-0.4, -0.2) is 10.9 Å². The minimum atomic E-state index is -0.114. The third kappa shape index (κ3) is 4.75. The highest BCUT2D eigenvalue weighted by Gasteiger charge is 2.21. The highest BCUT2D eigenvalue weighted by Crippen LogP contribution is 2.37. The molecule has 1 heterocycles. The van der Waals surface area contributed by atoms with Crippen LogP contribution in [0.5, 0.6) is 0 Å². The van der Waals surface area contributed by atoms with Gasteiger partial charge in [-0.25, -0.2) is 0 Å². The van der Waals surface area contributed by atoms with Crippen LogP contribution >= 0.6 is 0 Å². The molecular weight excluding hydrogens is 416 g/mol. The zero-order valence-corrected chi connectivity index (χ0v) is 20.1. The zero-order valence-electron chi connectivity index (χ0n) is 20.1. The average Bonchev–Trinajstić information content (AvgIpc) is 2.88. The van der Waals surface area contributed by atoms with Crippen molar-refractivity contribution in [3.05, 3.63) is 95.7 Å². The molecule has 0 aliphatic heterocycles. The lowest BCUT2D eigenvalue weighted by molar-refractivity contribution is 0.102. The largest absolute Gasteiger partial charge is 0.322 e. The molecule has 34 heavy (non-hydrogen) atoms. The Balaban J connectivity index is 1.39. The number of carbonyl (C=O) groups excluding carboxylic acids is 1. The second-order valence-electron chi connectivity index (χ2n) is 9.61. The Kier molecular flexibility index (Phi) is 6.44. The molecule has 1 saturated carbocycles. The molecule has 0 radical (unpaired) electrons. The average molecular weight is 449 g/mol. The standard InChI is InChI=1S/C31H32N2O/c1-3-22-9-11-23(12-10-22)24-13-15-25(16-14-24)26-17-18-28-29(19-21(2)32-30(28)20-26)31(34)33-27-7-5-4-6-8-27/h4-8,13-20,22-23H,3,9-12H2,1-2H3,(H,33,34). The number of anilines is 1. The molecular formula is C31H32N2O. The monoisotopic (exact) mass is 448 g/mol. The molecule has 1 amide bonds. The Morgan fingerprint density at radius 1 is 0.882 bits per heavy atom. The number of nitrogens with one attached hydrogen (secondary N) is 1. The van der Waals surface area contributed by atoms with E-state index in [-0.39, 0.29) is 5.91 Å². The van der Waals surface area contributed by atoms with Gasteiger partial charge in [0.05, 0.1) is 11.1 Å². The predicted octanol–water partition coefficient (Wildman–Crippen LogP) is 8.15. The second kappa shape index (κ2) is 9.80. The molecule has 1 aromatic heterocycles. The van der Waals surface area contributed by atoms with Crippen LogP contribution in [-0.2, 0) is 0 Å². The summed E-state index contributed by atoms with van der Waals surface area (Å²) in [4.78, 5) is 17.8. The highest BCUT2D eigenvalue weighted by molar-refractivity contribution is 6.12. The smallest absolute Gasteiger partial charge is 0.256 e. The lowest BCUT2D eigenvalue weighted by Crippen LogP contribution is -2.13. The molecule has 0 bridgehead atoms. The van der Waals surface area contributed by atoms with Crippen LogP contribution in [0.1, 0.15) is 66.6 Å². The van der Waals surface area contributed by atoms with Crippen LogP contribution in [0.3, 0.4) is 0 Å². The molecule has 3 nitrogen and oxygen atoms in total. The Hall–Kier alpha value is -3.46. The SMILES string of the molecule is CCC1CCC(c2ccc(-c3ccc4c(C(=O)Nc5ccccc5)cc(C)nc4c3)cc2)CC1. The maximum Gasteiger partial charge on any atom is 0.256 e. The van der Waals surface area contributed by atoms with Gasteiger partial charge in [-0.15, -0.1) is 0 Å². The van der Waals surface area contributed by atoms with E-state index in [1.807, 2.05) is 49.4 Å². The van der Waals surface area contributed by atoms with E-state index >= 15 is 0 Å². The lowest BCUT2D eigenvalue weighted by atomic mass is 9.77. The van der Waals surface area contributed by atoms with Gasteiger partial charge in [-0.3, -0.25) is 9.78 Å². The number of para-hydroxylation sites is 1. The van der Waals surface area contributed by atoms with Gasteiger partial charge in [-0.05, 0) is 85.4 Å². The summed E-state index contributed by atoms with van der Waals surface area (Å²) in [7, 11) is 0. The minimum Gasteiger partial charge on any atom is -0.322 e. The molecule has 0 atom stereocenters. The number of nitrogens with zero attached hydrogens (tertiary/aromatic N) is 1. The summed E-state index contributed by atoms with van der Waals surface area (Å²) in [5.41, 5.74) is 6.89. The molecule has 1 N–H and O–H groups in total. The first kappa shape index (κ1) is 22.3. The fourth-order valence-corrected chi connectivity index (χ4v) is 5.30. The number of fused-ring (bicyclic) bond motifs is 1. The van der Waals surface area contributed by atoms with E-state index in [2.05, 4.69) is 48.6 Å². The van der Waals surface area contributed by atoms with Gasteiger partial charge in [0, 0.05) is 16.8 Å². The van der Waals surface area contributed by atoms with Crippen molar-refractivity contribution in [3.8, 4) is 11.1 Å². The van der Waals surface area contributed by atoms with Crippen molar-refractivity contribution < 1.29 is 4.79 Å². The van der Waals surface area contributed by atoms with E-state index in [0.717, 1.165) is 33.8 Å². The van der Waals surface area contributed by atoms with E-state index in [9.17, 15) is 4.79 Å². The summed E-state index contributed by atoms with van der Waals surface area (Å²) < 4.78 is 0. The van der Waals surface area contributed by atoms with Crippen LogP contribution in [0.4, 0.5) is 5.69 Å². The summed E-state index contributed by atoms with van der Waals surface area (Å²) in [6.45, 7) is 4.26. The van der Waals surface area contributed by atoms with E-state index < -0.39 is 0 Å². The minimum absolute atomic E-state index is 0.114. The van der Waals surface area contributed by atoms with Crippen LogP contribution in [0, 0.1) is 12.8 Å². The van der Waals surface area contributed by atoms with E-state index in [1.54, 1.807) is 0 Å². The number of carbonyl (C=O) groups is 1. The third-order valence-electron chi connectivity index (χ3n) is 7.35. The summed E-state index contributed by atoms with van der Waals surface area (Å²) in [5, 5.41) is 3.87. The van der Waals surface area contributed by atoms with Crippen molar-refractivity contribution in [2.75, 3.05) is 5.32 Å². The molecule has 0 unspecified atom stereocenters. The molecule has 3 heteroatoms. The maximum absolute atomic E-state index is 13.0. The van der Waals surface area contributed by atoms with Gasteiger partial charge in [0.2, 0.25) is 0 Å². The summed E-state index contributed by atoms with van der Waals surface area (Å²) in [6, 6.07) is 26.7. The molecule has 0 spiro atoms. The molecule has 1 aliphatic carbocycles. The van der Waals surface area contributed by atoms with Crippen LogP contribution in [0.2, 0.25) is 0 Å². The second-order valence-corrected chi connectivity index (χ2v) is 9.61. The topological polar surface area (TPSA) is 42.0 Å². The van der Waals surface area contributed by atoms with Gasteiger partial charge < -0.3 is 5.32 Å². The maximum atomic E-state index is 13.0. The highest BCUT2D eigenvalue weighted by atomic mass is 16.1. The number of rotatable bonds is 5. The van der Waals surface area contributed by atoms with Crippen molar-refractivity contribution in [2.24, 2.45) is 5.92 Å². The van der Waals surface area contributed by atoms with Crippen LogP contribution in [0.15, 0.2) is 78.9 Å². The fraction of sp³-hybridized carbons (Fsp3) is 0.290. The Morgan fingerprint density at radius 3 is 2.29 bits per heavy atom. The summed E-state index contributed by atoms with van der Waals surface area (Å²) in [5.74, 6) is 1.50. The molecule has 3 aromatic carbocycles. The number of hydrogen-bond donors (Lipinski definition) is 1. The lowest BCUT2D eigenvalue weighted by Gasteiger charge is -2.28. The molecule has 172 valence electrons. The number of pyridine rings is 1. The first-order valence-corrected chi connectivity index (χ1v) is 12.5. The van der Waals surface area contributed by atoms with Gasteiger partial charge in [0.1, 0.15) is 0 Å². The van der Waals surface area contributed by atoms with Gasteiger partial charge in [0.25, 0.3) is 5.91 Å². The van der Waals surface area contributed by atoms with Crippen molar-refractivity contribution >= 4 is 22.5 Å². The Labute approximate surface area is 202 Å². The number of hydrogen-bond acceptors (Lipinski definition) is 2. The number of aromatic nitrogens is 1. The zero-order chi connectivity index (χ0) is 23.5. The normalized spacial score (nSPS) is 18.1. The van der Waals surface area contributed by atoms with Crippen LogP contribution < -0.4 is 5.32 Å². The predicted molar refractivity (Wildman–Crippen MR) is 141 cm³/mol. The number of amides is 1. The summed E-state index contributed by atoms with van der Waals surface area (Å²) >= 11 is 0. The van der Waals surface area contributed by atoms with Gasteiger partial charge in [-0.2, -0.15) is 0 Å². The van der Waals surface area contributed by atoms with Gasteiger partial charge >= 0.3 is 0 Å². The first-order valence-electron chi connectivity index (χ1n) is 12.5. The third-order valence-corrected chi connectivity index (χ3v) is 7.35. The number of benzene rings is 3. The molecule has 1 fully saturated rings. The molecule has 1 aliphatic rings. The van der Waals surface area contributed by atoms with Crippen LogP contribution in [0.25, 0.3) is 22.0 Å². The van der Waals surface area contributed by atoms with Crippen molar-refractivity contribution in [1.29, 1.82) is 0 Å². The van der Waals surface area contributed by atoms with E-state index in [0.29, 0.717) is 11.5 Å². The van der Waals surface area contributed by atoms with Gasteiger partial charge in [0.15, 0.2) is 0 Å². The molecule has 0 saturated heterocycles.